The van der Waals surface area contributed by atoms with Crippen LogP contribution in [-0.2, 0) is 4.74 Å². The number of fused-ring (bicyclic) bond motifs is 2. The number of esters is 1. The topological polar surface area (TPSA) is 56.8 Å². The van der Waals surface area contributed by atoms with Crippen molar-refractivity contribution in [2.24, 2.45) is 0 Å². The van der Waals surface area contributed by atoms with E-state index < -0.39 is 5.97 Å². The first-order valence-electron chi connectivity index (χ1n) is 12.4. The molecule has 4 aromatic rings. The molecule has 0 bridgehead atoms. The van der Waals surface area contributed by atoms with Crippen LogP contribution in [0.25, 0.3) is 10.8 Å². The van der Waals surface area contributed by atoms with Crippen LogP contribution in [0.3, 0.4) is 0 Å². The lowest BCUT2D eigenvalue weighted by Crippen LogP contribution is -2.37. The zero-order valence-corrected chi connectivity index (χ0v) is 21.2. The Hall–Kier alpha value is -3.90. The highest BCUT2D eigenvalue weighted by Gasteiger charge is 2.32. The van der Waals surface area contributed by atoms with Crippen LogP contribution >= 0.6 is 0 Å². The zero-order chi connectivity index (χ0) is 25.9. The Labute approximate surface area is 217 Å². The largest absolute Gasteiger partial charge is 0.496 e. The van der Waals surface area contributed by atoms with Crippen LogP contribution in [0.5, 0.6) is 11.5 Å². The molecule has 0 spiro atoms. The molecule has 0 amide bonds. The molecule has 1 aliphatic rings. The van der Waals surface area contributed by atoms with Crippen LogP contribution in [0.2, 0.25) is 0 Å². The van der Waals surface area contributed by atoms with Gasteiger partial charge in [-0.1, -0.05) is 60.7 Å². The molecule has 5 nitrogen and oxygen atoms in total. The number of benzene rings is 4. The van der Waals surface area contributed by atoms with E-state index in [1.165, 1.54) is 13.2 Å². The molecule has 37 heavy (non-hydrogen) atoms. The van der Waals surface area contributed by atoms with Crippen molar-refractivity contribution >= 4 is 16.7 Å². The fourth-order valence-electron chi connectivity index (χ4n) is 5.32. The Kier molecular flexibility index (Phi) is 7.10. The average molecular weight is 502 g/mol. The van der Waals surface area contributed by atoms with Gasteiger partial charge in [0.05, 0.1) is 14.2 Å². The minimum Gasteiger partial charge on any atom is -0.496 e. The van der Waals surface area contributed by atoms with E-state index in [9.17, 15) is 9.18 Å². The van der Waals surface area contributed by atoms with Gasteiger partial charge in [-0.25, -0.2) is 9.18 Å². The third-order valence-corrected chi connectivity index (χ3v) is 7.14. The predicted octanol–water partition coefficient (Wildman–Crippen LogP) is 6.65. The number of carbonyl (C=O) groups excluding carboxylic acids is 1. The number of rotatable bonds is 7. The molecule has 1 N–H and O–H groups in total. The molecule has 5 rings (SSSR count). The fraction of sp³-hybridized carbons (Fsp3) is 0.258. The molecule has 3 atom stereocenters. The molecular formula is C31H32FNO4. The Morgan fingerprint density at radius 3 is 2.51 bits per heavy atom. The van der Waals surface area contributed by atoms with Gasteiger partial charge in [-0.15, -0.1) is 0 Å². The fourth-order valence-corrected chi connectivity index (χ4v) is 5.32. The SMILES string of the molecule is COC(=O)c1cccc([C@@H]2C[C@H](CN[C@H](C)c3ccc(F)c4ccccc34)Oc3ccccc32)c1OC.[HH]. The Balaban J connectivity index is 0.00000336. The monoisotopic (exact) mass is 501 g/mol. The molecule has 6 heteroatoms. The Morgan fingerprint density at radius 2 is 1.73 bits per heavy atom. The van der Waals surface area contributed by atoms with Crippen LogP contribution in [0.1, 0.15) is 53.8 Å². The van der Waals surface area contributed by atoms with Crippen LogP contribution in [0, 0.1) is 5.82 Å². The number of nitrogens with one attached hydrogen (secondary N) is 1. The second-order valence-corrected chi connectivity index (χ2v) is 9.30. The molecule has 1 heterocycles. The van der Waals surface area contributed by atoms with Gasteiger partial charge < -0.3 is 19.5 Å². The maximum atomic E-state index is 14.3. The summed E-state index contributed by atoms with van der Waals surface area (Å²) in [6.07, 6.45) is 0.572. The second-order valence-electron chi connectivity index (χ2n) is 9.30. The summed E-state index contributed by atoms with van der Waals surface area (Å²) in [5, 5.41) is 5.12. The lowest BCUT2D eigenvalue weighted by Gasteiger charge is -2.34. The number of ether oxygens (including phenoxy) is 3. The minimum absolute atomic E-state index is 0. The summed E-state index contributed by atoms with van der Waals surface area (Å²) in [5.41, 5.74) is 3.41. The molecule has 1 aliphatic heterocycles. The van der Waals surface area contributed by atoms with Gasteiger partial charge in [0.15, 0.2) is 0 Å². The van der Waals surface area contributed by atoms with Crippen molar-refractivity contribution in [2.45, 2.75) is 31.4 Å². The van der Waals surface area contributed by atoms with Gasteiger partial charge in [-0.3, -0.25) is 0 Å². The summed E-state index contributed by atoms with van der Waals surface area (Å²) in [7, 11) is 2.94. The van der Waals surface area contributed by atoms with E-state index in [1.54, 1.807) is 13.2 Å². The van der Waals surface area contributed by atoms with Crippen molar-refractivity contribution < 1.29 is 24.8 Å². The van der Waals surface area contributed by atoms with E-state index in [4.69, 9.17) is 14.2 Å². The molecule has 0 saturated carbocycles. The molecule has 4 aromatic carbocycles. The first-order chi connectivity index (χ1) is 18.0. The number of para-hydroxylation sites is 2. The molecule has 0 unspecified atom stereocenters. The summed E-state index contributed by atoms with van der Waals surface area (Å²) in [5.74, 6) is 0.658. The minimum atomic E-state index is -0.433. The first-order valence-corrected chi connectivity index (χ1v) is 12.4. The number of halogens is 1. The molecule has 0 saturated heterocycles. The molecule has 0 radical (unpaired) electrons. The highest BCUT2D eigenvalue weighted by Crippen LogP contribution is 2.44. The summed E-state index contributed by atoms with van der Waals surface area (Å²) in [6, 6.07) is 24.5. The molecular weight excluding hydrogens is 469 g/mol. The predicted molar refractivity (Wildman–Crippen MR) is 144 cm³/mol. The van der Waals surface area contributed by atoms with E-state index in [2.05, 4.69) is 18.3 Å². The summed E-state index contributed by atoms with van der Waals surface area (Å²) >= 11 is 0. The van der Waals surface area contributed by atoms with E-state index in [0.29, 0.717) is 29.7 Å². The van der Waals surface area contributed by atoms with Gasteiger partial charge in [0.1, 0.15) is 29.0 Å². The third kappa shape index (κ3) is 4.77. The lowest BCUT2D eigenvalue weighted by molar-refractivity contribution is 0.0596. The Morgan fingerprint density at radius 1 is 1.00 bits per heavy atom. The van der Waals surface area contributed by atoms with Gasteiger partial charge in [0, 0.05) is 36.4 Å². The number of methoxy groups -OCH3 is 2. The van der Waals surface area contributed by atoms with E-state index in [1.807, 2.05) is 60.7 Å². The van der Waals surface area contributed by atoms with Gasteiger partial charge in [0.25, 0.3) is 0 Å². The van der Waals surface area contributed by atoms with Crippen molar-refractivity contribution in [3.63, 3.8) is 0 Å². The van der Waals surface area contributed by atoms with Crippen LogP contribution in [0.4, 0.5) is 4.39 Å². The van der Waals surface area contributed by atoms with Crippen LogP contribution < -0.4 is 14.8 Å². The van der Waals surface area contributed by atoms with E-state index >= 15 is 0 Å². The second kappa shape index (κ2) is 10.6. The van der Waals surface area contributed by atoms with Crippen LogP contribution in [-0.4, -0.2) is 32.8 Å². The lowest BCUT2D eigenvalue weighted by atomic mass is 9.83. The zero-order valence-electron chi connectivity index (χ0n) is 21.2. The van der Waals surface area contributed by atoms with Gasteiger partial charge in [0.2, 0.25) is 0 Å². The third-order valence-electron chi connectivity index (χ3n) is 7.14. The summed E-state index contributed by atoms with van der Waals surface area (Å²) < 4.78 is 31.4. The van der Waals surface area contributed by atoms with Gasteiger partial charge in [-0.2, -0.15) is 0 Å². The normalized spacial score (nSPS) is 17.5. The maximum Gasteiger partial charge on any atom is 0.341 e. The molecule has 192 valence electrons. The van der Waals surface area contributed by atoms with Crippen molar-refractivity contribution in [3.8, 4) is 11.5 Å². The van der Waals surface area contributed by atoms with Crippen molar-refractivity contribution in [1.29, 1.82) is 0 Å². The smallest absolute Gasteiger partial charge is 0.341 e. The first kappa shape index (κ1) is 24.8. The molecule has 0 fully saturated rings. The summed E-state index contributed by atoms with van der Waals surface area (Å²) in [4.78, 5) is 12.4. The van der Waals surface area contributed by atoms with Crippen molar-refractivity contribution in [1.82, 2.24) is 5.32 Å². The van der Waals surface area contributed by atoms with Crippen molar-refractivity contribution in [3.05, 3.63) is 107 Å². The number of hydrogen-bond acceptors (Lipinski definition) is 5. The summed E-state index contributed by atoms with van der Waals surface area (Å²) in [6.45, 7) is 2.67. The van der Waals surface area contributed by atoms with Gasteiger partial charge >= 0.3 is 5.97 Å². The van der Waals surface area contributed by atoms with E-state index in [0.717, 1.165) is 27.8 Å². The Bertz CT molecular complexity index is 1440. The standard InChI is InChI=1S/C31H30FNO4.H2/c1-19(21-15-16-28(32)23-10-5-4-9-22(21)23)33-18-20-17-27(24-11-6-7-14-29(24)37-20)25-12-8-13-26(30(25)35-2)31(34)36-3;/h4-16,19-20,27,33H,17-18H2,1-3H3;1H/t19-,20-,27-;/m1./s1. The number of hydrogen-bond donors (Lipinski definition) is 1. The number of carbonyl (C=O) groups is 1. The van der Waals surface area contributed by atoms with Crippen molar-refractivity contribution in [2.75, 3.05) is 20.8 Å². The van der Waals surface area contributed by atoms with E-state index in [-0.39, 0.29) is 25.3 Å². The molecule has 0 aliphatic carbocycles. The maximum absolute atomic E-state index is 14.3. The highest BCUT2D eigenvalue weighted by atomic mass is 19.1. The van der Waals surface area contributed by atoms with Crippen LogP contribution in [0.15, 0.2) is 78.9 Å². The average Bonchev–Trinajstić information content (AvgIpc) is 2.95. The molecule has 0 aromatic heterocycles. The highest BCUT2D eigenvalue weighted by molar-refractivity contribution is 5.93. The van der Waals surface area contributed by atoms with Gasteiger partial charge in [-0.05, 0) is 42.5 Å². The quantitative estimate of drug-likeness (QED) is 0.287.